The lowest BCUT2D eigenvalue weighted by molar-refractivity contribution is -0.132. The zero-order valence-electron chi connectivity index (χ0n) is 20.1. The maximum absolute atomic E-state index is 14.9. The van der Waals surface area contributed by atoms with Crippen LogP contribution in [0.1, 0.15) is 45.7 Å². The Morgan fingerprint density at radius 1 is 1.23 bits per heavy atom. The first kappa shape index (κ1) is 29.1. The molecule has 2 fully saturated rings. The van der Waals surface area contributed by atoms with E-state index >= 15 is 0 Å². The topological polar surface area (TPSA) is 119 Å². The van der Waals surface area contributed by atoms with Crippen LogP contribution in [0.15, 0.2) is 17.1 Å². The van der Waals surface area contributed by atoms with E-state index in [4.69, 9.17) is 47.9 Å². The van der Waals surface area contributed by atoms with Crippen LogP contribution in [-0.4, -0.2) is 55.2 Å². The molecular weight excluding hydrogens is 626 g/mol. The lowest BCUT2D eigenvalue weighted by atomic mass is 10.1. The van der Waals surface area contributed by atoms with Crippen LogP contribution in [0.4, 0.5) is 13.2 Å². The summed E-state index contributed by atoms with van der Waals surface area (Å²) in [6.07, 6.45) is 2.61. The van der Waals surface area contributed by atoms with Gasteiger partial charge in [0, 0.05) is 30.4 Å². The number of halogens is 6. The van der Waals surface area contributed by atoms with Crippen molar-refractivity contribution in [2.75, 3.05) is 6.61 Å². The van der Waals surface area contributed by atoms with Gasteiger partial charge in [-0.3, -0.25) is 18.6 Å². The fraction of sp³-hybridized carbons (Fsp3) is 0.435. The van der Waals surface area contributed by atoms with Gasteiger partial charge in [0.05, 0.1) is 12.6 Å². The first-order chi connectivity index (χ1) is 18.9. The lowest BCUT2D eigenvalue weighted by Gasteiger charge is -2.44. The van der Waals surface area contributed by atoms with Gasteiger partial charge in [-0.15, -0.1) is 0 Å². The zero-order valence-corrected chi connectivity index (χ0v) is 23.2. The molecule has 1 aromatic carbocycles. The van der Waals surface area contributed by atoms with Gasteiger partial charge in [0.25, 0.3) is 11.8 Å². The molecule has 1 saturated carbocycles. The third-order valence-corrected chi connectivity index (χ3v) is 7.51. The number of nitrogens with one attached hydrogen (secondary N) is 1. The van der Waals surface area contributed by atoms with E-state index in [2.05, 4.69) is 5.32 Å². The molecule has 216 valence electrons. The van der Waals surface area contributed by atoms with Crippen molar-refractivity contribution in [3.8, 4) is 11.5 Å². The highest BCUT2D eigenvalue weighted by atomic mass is 35.6. The highest BCUT2D eigenvalue weighted by Gasteiger charge is 2.47. The highest BCUT2D eigenvalue weighted by Crippen LogP contribution is 2.39. The van der Waals surface area contributed by atoms with Crippen LogP contribution in [0.2, 0.25) is 0 Å². The molecule has 1 aromatic heterocycles. The van der Waals surface area contributed by atoms with Crippen LogP contribution in [-0.2, 0) is 22.0 Å². The number of fused-ring (bicyclic) bond motifs is 5. The summed E-state index contributed by atoms with van der Waals surface area (Å²) in [5.74, 6) is -7.95. The molecule has 2 aromatic rings. The van der Waals surface area contributed by atoms with Gasteiger partial charge < -0.3 is 28.8 Å². The molecular formula is C23H19Cl3F3N3O7S. The number of hydrogen-bond donors (Lipinski definition) is 2. The van der Waals surface area contributed by atoms with E-state index in [1.165, 1.54) is 9.47 Å². The summed E-state index contributed by atoms with van der Waals surface area (Å²) >= 11 is 16.5. The molecule has 3 heterocycles. The Balaban J connectivity index is 1.34. The first-order valence-electron chi connectivity index (χ1n) is 11.8. The maximum atomic E-state index is 14.9. The quantitative estimate of drug-likeness (QED) is 0.264. The van der Waals surface area contributed by atoms with Crippen LogP contribution in [0.25, 0.3) is 0 Å². The number of nitrogens with zero attached hydrogens (tertiary/aromatic N) is 2. The van der Waals surface area contributed by atoms with Gasteiger partial charge in [0.2, 0.25) is 27.3 Å². The summed E-state index contributed by atoms with van der Waals surface area (Å²) in [4.78, 5) is 40.3. The van der Waals surface area contributed by atoms with Crippen LogP contribution < -0.4 is 14.9 Å². The summed E-state index contributed by atoms with van der Waals surface area (Å²) in [5, 5.41) is 12.7. The second-order valence-corrected chi connectivity index (χ2v) is 12.3. The molecule has 40 heavy (non-hydrogen) atoms. The van der Waals surface area contributed by atoms with Crippen molar-refractivity contribution in [1.82, 2.24) is 14.8 Å². The second kappa shape index (κ2) is 11.1. The van der Waals surface area contributed by atoms with Crippen molar-refractivity contribution >= 4 is 58.9 Å². The summed E-state index contributed by atoms with van der Waals surface area (Å²) in [6.45, 7) is -1.28. The van der Waals surface area contributed by atoms with E-state index in [9.17, 15) is 32.7 Å². The number of pyridine rings is 1. The predicted octanol–water partition coefficient (Wildman–Crippen LogP) is 3.96. The first-order valence-corrected chi connectivity index (χ1v) is 13.6. The van der Waals surface area contributed by atoms with Gasteiger partial charge in [0.1, 0.15) is 18.0 Å². The number of rotatable bonds is 7. The largest absolute Gasteiger partial charge is 0.503 e. The molecule has 2 N–H and O–H groups in total. The molecule has 2 aliphatic heterocycles. The standard InChI is InChI=1S/C23H19Cl3F3N3O7S/c24-23(25,26)8-37-40-39-20-14(28)4-13(27)11(16(20)29)5-30-21(35)12-6-31-7-15-32(9-1-2-10(3-9)38-15)22(36)17(31)19(34)18(12)33/h4,6,9-10,15,34H,1-3,5,7-8H2,(H,30,35). The van der Waals surface area contributed by atoms with Gasteiger partial charge >= 0.3 is 0 Å². The summed E-state index contributed by atoms with van der Waals surface area (Å²) in [6, 6.07) is 0.250. The van der Waals surface area contributed by atoms with E-state index < -0.39 is 80.5 Å². The third kappa shape index (κ3) is 5.57. The SMILES string of the molecule is O=C(NCc1c(F)cc(F)c(OSOCC(Cl)(Cl)Cl)c1F)c1cn2c(c(O)c1=O)C(=O)N1C3CCC(C3)OC1C2. The molecule has 3 aliphatic rings. The van der Waals surface area contributed by atoms with Crippen molar-refractivity contribution in [2.45, 2.75) is 54.5 Å². The molecule has 1 aliphatic carbocycles. The van der Waals surface area contributed by atoms with Crippen molar-refractivity contribution in [1.29, 1.82) is 0 Å². The van der Waals surface area contributed by atoms with Gasteiger partial charge in [0.15, 0.2) is 29.3 Å². The number of hydrogen-bond acceptors (Lipinski definition) is 8. The second-order valence-electron chi connectivity index (χ2n) is 9.29. The van der Waals surface area contributed by atoms with E-state index in [0.717, 1.165) is 19.0 Å². The number of ether oxygens (including phenoxy) is 1. The average molecular weight is 645 g/mol. The lowest BCUT2D eigenvalue weighted by Crippen LogP contribution is -2.57. The smallest absolute Gasteiger partial charge is 0.276 e. The minimum absolute atomic E-state index is 0.00905. The minimum Gasteiger partial charge on any atom is -0.503 e. The molecule has 1 saturated heterocycles. The molecule has 2 bridgehead atoms. The number of aromatic nitrogens is 1. The van der Waals surface area contributed by atoms with Crippen molar-refractivity contribution in [2.24, 2.45) is 0 Å². The van der Waals surface area contributed by atoms with E-state index in [0.29, 0.717) is 12.5 Å². The molecule has 3 atom stereocenters. The highest BCUT2D eigenvalue weighted by molar-refractivity contribution is 7.90. The molecule has 3 unspecified atom stereocenters. The Hall–Kier alpha value is -2.36. The van der Waals surface area contributed by atoms with Crippen molar-refractivity contribution < 1.29 is 41.0 Å². The van der Waals surface area contributed by atoms with Crippen LogP contribution >= 0.6 is 47.1 Å². The van der Waals surface area contributed by atoms with Gasteiger partial charge in [-0.1, -0.05) is 34.8 Å². The minimum atomic E-state index is -1.83. The van der Waals surface area contributed by atoms with Gasteiger partial charge in [-0.05, 0) is 19.3 Å². The summed E-state index contributed by atoms with van der Waals surface area (Å²) < 4.78 is 58.3. The van der Waals surface area contributed by atoms with E-state index in [1.807, 2.05) is 0 Å². The summed E-state index contributed by atoms with van der Waals surface area (Å²) in [5.41, 5.74) is -2.81. The van der Waals surface area contributed by atoms with Crippen LogP contribution in [0.5, 0.6) is 11.5 Å². The molecule has 17 heteroatoms. The summed E-state index contributed by atoms with van der Waals surface area (Å²) in [7, 11) is 0. The van der Waals surface area contributed by atoms with E-state index in [1.54, 1.807) is 0 Å². The molecule has 5 rings (SSSR count). The molecule has 2 amide bonds. The Labute approximate surface area is 243 Å². The van der Waals surface area contributed by atoms with Crippen LogP contribution in [0.3, 0.4) is 0 Å². The van der Waals surface area contributed by atoms with Crippen molar-refractivity contribution in [3.63, 3.8) is 0 Å². The Kier molecular flexibility index (Phi) is 8.12. The number of amides is 2. The fourth-order valence-electron chi connectivity index (χ4n) is 4.98. The maximum Gasteiger partial charge on any atom is 0.276 e. The Morgan fingerprint density at radius 3 is 2.70 bits per heavy atom. The number of alkyl halides is 3. The Bertz CT molecular complexity index is 1440. The fourth-order valence-corrected chi connectivity index (χ4v) is 5.83. The number of carbonyl (C=O) groups is 2. The normalized spacial score (nSPS) is 21.7. The van der Waals surface area contributed by atoms with E-state index in [-0.39, 0.29) is 36.7 Å². The monoisotopic (exact) mass is 643 g/mol. The van der Waals surface area contributed by atoms with Crippen LogP contribution in [0, 0.1) is 17.5 Å². The van der Waals surface area contributed by atoms with Crippen molar-refractivity contribution in [3.05, 3.63) is 56.8 Å². The third-order valence-electron chi connectivity index (χ3n) is 6.74. The average Bonchev–Trinajstić information content (AvgIpc) is 3.24. The predicted molar refractivity (Wildman–Crippen MR) is 137 cm³/mol. The number of benzene rings is 1. The zero-order chi connectivity index (χ0) is 28.9. The molecule has 0 spiro atoms. The van der Waals surface area contributed by atoms with Gasteiger partial charge in [-0.25, -0.2) is 13.2 Å². The molecule has 0 radical (unpaired) electrons. The number of carbonyl (C=O) groups excluding carboxylic acids is 2. The Morgan fingerprint density at radius 2 is 1.98 bits per heavy atom. The van der Waals surface area contributed by atoms with Gasteiger partial charge in [-0.2, -0.15) is 0 Å². The molecule has 10 nitrogen and oxygen atoms in total. The number of aromatic hydroxyl groups is 1.